The number of ether oxygens (including phenoxy) is 1. The fourth-order valence-corrected chi connectivity index (χ4v) is 4.61. The summed E-state index contributed by atoms with van der Waals surface area (Å²) < 4.78 is 32.1. The number of hydrogen-bond acceptors (Lipinski definition) is 3. The quantitative estimate of drug-likeness (QED) is 0.809. The molecule has 0 aromatic heterocycles. The lowest BCUT2D eigenvalue weighted by atomic mass is 9.46. The van der Waals surface area contributed by atoms with E-state index in [1.807, 2.05) is 0 Å². The van der Waals surface area contributed by atoms with Crippen LogP contribution in [0.25, 0.3) is 0 Å². The second kappa shape index (κ2) is 5.03. The molecule has 2 saturated carbocycles. The Kier molecular flexibility index (Phi) is 3.70. The van der Waals surface area contributed by atoms with Crippen molar-refractivity contribution in [3.63, 3.8) is 0 Å². The van der Waals surface area contributed by atoms with Crippen molar-refractivity contribution >= 4 is 18.3 Å². The Hall–Kier alpha value is -0.460. The van der Waals surface area contributed by atoms with Gasteiger partial charge in [-0.25, -0.2) is 8.78 Å². The Morgan fingerprint density at radius 2 is 2.10 bits per heavy atom. The van der Waals surface area contributed by atoms with Crippen LogP contribution in [0, 0.1) is 11.3 Å². The zero-order valence-electron chi connectivity index (χ0n) is 11.7. The SMILES string of the molecule is Cl.O=C(NC1C2CCOC2C12CCC2)C1CC(F)(F)CN1. The Labute approximate surface area is 128 Å². The van der Waals surface area contributed by atoms with Crippen LogP contribution < -0.4 is 10.6 Å². The number of fused-ring (bicyclic) bond motifs is 2. The highest BCUT2D eigenvalue weighted by molar-refractivity contribution is 5.85. The van der Waals surface area contributed by atoms with Crippen molar-refractivity contribution < 1.29 is 18.3 Å². The van der Waals surface area contributed by atoms with Crippen LogP contribution in [0.3, 0.4) is 0 Å². The molecule has 1 amide bonds. The smallest absolute Gasteiger partial charge is 0.262 e. The third kappa shape index (κ3) is 2.18. The topological polar surface area (TPSA) is 50.4 Å². The Balaban J connectivity index is 0.00000132. The molecule has 120 valence electrons. The number of rotatable bonds is 2. The van der Waals surface area contributed by atoms with Crippen LogP contribution in [0.4, 0.5) is 8.78 Å². The predicted octanol–water partition coefficient (Wildman–Crippen LogP) is 1.48. The second-order valence-corrected chi connectivity index (χ2v) is 6.81. The molecule has 4 rings (SSSR count). The summed E-state index contributed by atoms with van der Waals surface area (Å²) in [6, 6.07) is -0.615. The van der Waals surface area contributed by atoms with Crippen molar-refractivity contribution in [3.05, 3.63) is 0 Å². The molecule has 2 N–H and O–H groups in total. The van der Waals surface area contributed by atoms with Gasteiger partial charge < -0.3 is 10.1 Å². The lowest BCUT2D eigenvalue weighted by Gasteiger charge is -2.63. The Morgan fingerprint density at radius 1 is 1.33 bits per heavy atom. The summed E-state index contributed by atoms with van der Waals surface area (Å²) in [5.41, 5.74) is 0.109. The lowest BCUT2D eigenvalue weighted by molar-refractivity contribution is -0.179. The number of nitrogens with one attached hydrogen (secondary N) is 2. The van der Waals surface area contributed by atoms with Crippen LogP contribution in [0.1, 0.15) is 32.1 Å². The highest BCUT2D eigenvalue weighted by Crippen LogP contribution is 2.62. The first kappa shape index (κ1) is 15.4. The van der Waals surface area contributed by atoms with Crippen molar-refractivity contribution in [1.29, 1.82) is 0 Å². The molecule has 0 bridgehead atoms. The first-order chi connectivity index (χ1) is 9.52. The number of halogens is 3. The van der Waals surface area contributed by atoms with E-state index >= 15 is 0 Å². The second-order valence-electron chi connectivity index (χ2n) is 6.81. The third-order valence-electron chi connectivity index (χ3n) is 5.76. The van der Waals surface area contributed by atoms with Crippen LogP contribution >= 0.6 is 12.4 Å². The van der Waals surface area contributed by atoms with Gasteiger partial charge in [-0.15, -0.1) is 12.4 Å². The number of carbonyl (C=O) groups excluding carboxylic acids is 1. The molecular formula is C14H21ClF2N2O2. The molecule has 4 unspecified atom stereocenters. The van der Waals surface area contributed by atoms with Crippen molar-refractivity contribution in [3.8, 4) is 0 Å². The van der Waals surface area contributed by atoms with Crippen LogP contribution in [-0.2, 0) is 9.53 Å². The van der Waals surface area contributed by atoms with Gasteiger partial charge in [0.25, 0.3) is 5.92 Å². The molecule has 1 spiro atoms. The standard InChI is InChI=1S/C14H20F2N2O2.ClH/c15-14(16)6-9(17-7-14)12(19)18-10-8-2-5-20-11(8)13(10)3-1-4-13;/h8-11,17H,1-7H2,(H,18,19);1H. The van der Waals surface area contributed by atoms with E-state index in [1.165, 1.54) is 6.42 Å². The molecular weight excluding hydrogens is 302 g/mol. The first-order valence-electron chi connectivity index (χ1n) is 7.55. The van der Waals surface area contributed by atoms with Crippen molar-refractivity contribution in [2.75, 3.05) is 13.2 Å². The minimum Gasteiger partial charge on any atom is -0.377 e. The van der Waals surface area contributed by atoms with Gasteiger partial charge >= 0.3 is 0 Å². The van der Waals surface area contributed by atoms with E-state index in [0.29, 0.717) is 12.0 Å². The summed E-state index contributed by atoms with van der Waals surface area (Å²) in [7, 11) is 0. The summed E-state index contributed by atoms with van der Waals surface area (Å²) in [5, 5.41) is 5.68. The van der Waals surface area contributed by atoms with E-state index in [1.54, 1.807) is 0 Å². The van der Waals surface area contributed by atoms with Gasteiger partial charge in [0.15, 0.2) is 0 Å². The largest absolute Gasteiger partial charge is 0.377 e. The highest BCUT2D eigenvalue weighted by atomic mass is 35.5. The van der Waals surface area contributed by atoms with E-state index in [9.17, 15) is 13.6 Å². The average Bonchev–Trinajstić information content (AvgIpc) is 2.89. The van der Waals surface area contributed by atoms with Gasteiger partial charge in [0.1, 0.15) is 0 Å². The average molecular weight is 323 g/mol. The third-order valence-corrected chi connectivity index (χ3v) is 5.76. The van der Waals surface area contributed by atoms with Crippen LogP contribution in [-0.4, -0.2) is 43.2 Å². The minimum absolute atomic E-state index is 0. The Morgan fingerprint density at radius 3 is 2.67 bits per heavy atom. The first-order valence-corrected chi connectivity index (χ1v) is 7.55. The number of alkyl halides is 2. The molecule has 2 aliphatic carbocycles. The minimum atomic E-state index is -2.76. The molecule has 2 heterocycles. The summed E-state index contributed by atoms with van der Waals surface area (Å²) >= 11 is 0. The molecule has 4 fully saturated rings. The van der Waals surface area contributed by atoms with Crippen molar-refractivity contribution in [1.82, 2.24) is 10.6 Å². The molecule has 4 nitrogen and oxygen atoms in total. The van der Waals surface area contributed by atoms with E-state index in [-0.39, 0.29) is 36.2 Å². The molecule has 2 saturated heterocycles. The number of hydrogen-bond donors (Lipinski definition) is 2. The maximum atomic E-state index is 13.2. The van der Waals surface area contributed by atoms with Crippen LogP contribution in [0.2, 0.25) is 0 Å². The predicted molar refractivity (Wildman–Crippen MR) is 74.7 cm³/mol. The molecule has 21 heavy (non-hydrogen) atoms. The molecule has 0 aromatic carbocycles. The normalized spacial score (nSPS) is 41.6. The van der Waals surface area contributed by atoms with E-state index < -0.39 is 18.5 Å². The van der Waals surface area contributed by atoms with Gasteiger partial charge in [-0.3, -0.25) is 10.1 Å². The lowest BCUT2D eigenvalue weighted by Crippen LogP contribution is -2.72. The zero-order valence-corrected chi connectivity index (χ0v) is 12.6. The molecule has 7 heteroatoms. The zero-order chi connectivity index (χ0) is 14.0. The van der Waals surface area contributed by atoms with Gasteiger partial charge in [0, 0.05) is 30.4 Å². The monoisotopic (exact) mass is 322 g/mol. The fourth-order valence-electron chi connectivity index (χ4n) is 4.61. The van der Waals surface area contributed by atoms with Gasteiger partial charge in [-0.1, -0.05) is 6.42 Å². The van der Waals surface area contributed by atoms with Crippen molar-refractivity contribution in [2.45, 2.75) is 56.2 Å². The fraction of sp³-hybridized carbons (Fsp3) is 0.929. The number of carbonyl (C=O) groups is 1. The maximum Gasteiger partial charge on any atom is 0.262 e. The number of amides is 1. The molecule has 4 atom stereocenters. The van der Waals surface area contributed by atoms with Gasteiger partial charge in [-0.2, -0.15) is 0 Å². The van der Waals surface area contributed by atoms with E-state index in [4.69, 9.17) is 4.74 Å². The van der Waals surface area contributed by atoms with E-state index in [2.05, 4.69) is 10.6 Å². The summed E-state index contributed by atoms with van der Waals surface area (Å²) in [5.74, 6) is -2.63. The van der Waals surface area contributed by atoms with Crippen molar-refractivity contribution in [2.24, 2.45) is 11.3 Å². The van der Waals surface area contributed by atoms with Gasteiger partial charge in [0.2, 0.25) is 5.91 Å². The van der Waals surface area contributed by atoms with E-state index in [0.717, 1.165) is 25.9 Å². The molecule has 4 aliphatic rings. The maximum absolute atomic E-state index is 13.2. The molecule has 0 aromatic rings. The van der Waals surface area contributed by atoms with Crippen LogP contribution in [0.5, 0.6) is 0 Å². The Bertz CT molecular complexity index is 445. The highest BCUT2D eigenvalue weighted by Gasteiger charge is 2.67. The molecule has 0 radical (unpaired) electrons. The van der Waals surface area contributed by atoms with Gasteiger partial charge in [0.05, 0.1) is 18.7 Å². The summed E-state index contributed by atoms with van der Waals surface area (Å²) in [6.07, 6.45) is 4.24. The molecule has 2 aliphatic heterocycles. The summed E-state index contributed by atoms with van der Waals surface area (Å²) in [6.45, 7) is 0.374. The summed E-state index contributed by atoms with van der Waals surface area (Å²) in [4.78, 5) is 12.2. The van der Waals surface area contributed by atoms with Crippen LogP contribution in [0.15, 0.2) is 0 Å². The van der Waals surface area contributed by atoms with Gasteiger partial charge in [-0.05, 0) is 19.3 Å².